The number of hydrogen-bond acceptors (Lipinski definition) is 5. The van der Waals surface area contributed by atoms with E-state index < -0.39 is 14.0 Å². The molecule has 2 aromatic rings. The van der Waals surface area contributed by atoms with Gasteiger partial charge in [0.25, 0.3) is 0 Å². The second kappa shape index (κ2) is 7.67. The van der Waals surface area contributed by atoms with Crippen LogP contribution in [0, 0.1) is 0 Å². The Hall–Kier alpha value is -1.38. The standard InChI is InChI=1S/C16H23BrN2O4Si/c1-21-12-7-6-11(16(20)22-2)14-13(12)15(17)19(18-14)10-23-8-9-24(3,4)5/h6-7H,8-10H2,1-5H3. The highest BCUT2D eigenvalue weighted by atomic mass is 79.9. The molecule has 1 heterocycles. The van der Waals surface area contributed by atoms with E-state index in [-0.39, 0.29) is 0 Å². The summed E-state index contributed by atoms with van der Waals surface area (Å²) in [6.07, 6.45) is 0. The molecule has 0 N–H and O–H groups in total. The zero-order chi connectivity index (χ0) is 17.9. The lowest BCUT2D eigenvalue weighted by Crippen LogP contribution is -2.22. The van der Waals surface area contributed by atoms with Crippen LogP contribution in [0.5, 0.6) is 5.75 Å². The number of hydrogen-bond donors (Lipinski definition) is 0. The summed E-state index contributed by atoms with van der Waals surface area (Å²) in [5.41, 5.74) is 0.928. The number of nitrogens with zero attached hydrogens (tertiary/aromatic N) is 2. The van der Waals surface area contributed by atoms with Gasteiger partial charge in [0.2, 0.25) is 0 Å². The lowest BCUT2D eigenvalue weighted by atomic mass is 10.1. The fourth-order valence-corrected chi connectivity index (χ4v) is 3.55. The summed E-state index contributed by atoms with van der Waals surface area (Å²) >= 11 is 3.54. The van der Waals surface area contributed by atoms with Gasteiger partial charge in [0.05, 0.1) is 25.2 Å². The third-order valence-electron chi connectivity index (χ3n) is 3.63. The maximum Gasteiger partial charge on any atom is 0.340 e. The number of benzene rings is 1. The van der Waals surface area contributed by atoms with Gasteiger partial charge in [-0.15, -0.1) is 0 Å². The minimum absolute atomic E-state index is 0.309. The molecule has 1 aromatic carbocycles. The number of esters is 1. The van der Waals surface area contributed by atoms with Crippen molar-refractivity contribution in [2.24, 2.45) is 0 Å². The van der Waals surface area contributed by atoms with E-state index in [0.29, 0.717) is 34.8 Å². The molecular weight excluding hydrogens is 392 g/mol. The van der Waals surface area contributed by atoms with Crippen molar-refractivity contribution in [1.29, 1.82) is 0 Å². The molecule has 0 radical (unpaired) electrons. The topological polar surface area (TPSA) is 62.6 Å². The van der Waals surface area contributed by atoms with Crippen molar-refractivity contribution in [3.8, 4) is 5.75 Å². The monoisotopic (exact) mass is 414 g/mol. The second-order valence-corrected chi connectivity index (χ2v) is 13.0. The van der Waals surface area contributed by atoms with Crippen LogP contribution in [-0.2, 0) is 16.2 Å². The average molecular weight is 415 g/mol. The van der Waals surface area contributed by atoms with Gasteiger partial charge in [-0.1, -0.05) is 19.6 Å². The van der Waals surface area contributed by atoms with Crippen LogP contribution in [0.1, 0.15) is 10.4 Å². The van der Waals surface area contributed by atoms with Crippen LogP contribution in [0.25, 0.3) is 10.9 Å². The van der Waals surface area contributed by atoms with Gasteiger partial charge < -0.3 is 14.2 Å². The van der Waals surface area contributed by atoms with Crippen LogP contribution >= 0.6 is 15.9 Å². The van der Waals surface area contributed by atoms with Crippen molar-refractivity contribution in [3.63, 3.8) is 0 Å². The Labute approximate surface area is 151 Å². The van der Waals surface area contributed by atoms with Crippen LogP contribution in [-0.4, -0.2) is 44.7 Å². The average Bonchev–Trinajstić information content (AvgIpc) is 2.86. The molecule has 0 aliphatic carbocycles. The number of methoxy groups -OCH3 is 2. The van der Waals surface area contributed by atoms with Gasteiger partial charge in [0.15, 0.2) is 0 Å². The molecule has 0 saturated heterocycles. The minimum atomic E-state index is -1.13. The molecule has 0 unspecified atom stereocenters. The zero-order valence-corrected chi connectivity index (χ0v) is 17.3. The van der Waals surface area contributed by atoms with Crippen LogP contribution in [0.3, 0.4) is 0 Å². The van der Waals surface area contributed by atoms with Crippen molar-refractivity contribution < 1.29 is 19.0 Å². The smallest absolute Gasteiger partial charge is 0.340 e. The molecule has 0 spiro atoms. The summed E-state index contributed by atoms with van der Waals surface area (Å²) in [6.45, 7) is 7.93. The van der Waals surface area contributed by atoms with Crippen molar-refractivity contribution in [3.05, 3.63) is 22.3 Å². The minimum Gasteiger partial charge on any atom is -0.496 e. The summed E-state index contributed by atoms with van der Waals surface area (Å²) in [5.74, 6) is 0.206. The van der Waals surface area contributed by atoms with E-state index in [9.17, 15) is 4.79 Å². The van der Waals surface area contributed by atoms with Crippen LogP contribution < -0.4 is 4.74 Å². The number of carbonyl (C=O) groups excluding carboxylic acids is 1. The third kappa shape index (κ3) is 4.17. The van der Waals surface area contributed by atoms with Gasteiger partial charge in [-0.05, 0) is 34.1 Å². The highest BCUT2D eigenvalue weighted by molar-refractivity contribution is 9.10. The van der Waals surface area contributed by atoms with Crippen molar-refractivity contribution in [2.75, 3.05) is 20.8 Å². The number of ether oxygens (including phenoxy) is 3. The predicted molar refractivity (Wildman–Crippen MR) is 99.4 cm³/mol. The summed E-state index contributed by atoms with van der Waals surface area (Å²) in [5, 5.41) is 5.23. The normalized spacial score (nSPS) is 11.8. The first-order valence-electron chi connectivity index (χ1n) is 7.67. The fraction of sp³-hybridized carbons (Fsp3) is 0.500. The molecule has 6 nitrogen and oxygen atoms in total. The highest BCUT2D eigenvalue weighted by Crippen LogP contribution is 2.34. The molecule has 0 bridgehead atoms. The number of halogens is 1. The van der Waals surface area contributed by atoms with E-state index in [4.69, 9.17) is 14.2 Å². The highest BCUT2D eigenvalue weighted by Gasteiger charge is 2.21. The number of carbonyl (C=O) groups is 1. The molecule has 1 aromatic heterocycles. The van der Waals surface area contributed by atoms with Gasteiger partial charge in [0, 0.05) is 14.7 Å². The SMILES string of the molecule is COC(=O)c1ccc(OC)c2c(Br)n(COCC[Si](C)(C)C)nc12. The summed E-state index contributed by atoms with van der Waals surface area (Å²) in [4.78, 5) is 12.0. The molecule has 132 valence electrons. The van der Waals surface area contributed by atoms with Crippen LogP contribution in [0.4, 0.5) is 0 Å². The Bertz CT molecular complexity index is 740. The van der Waals surface area contributed by atoms with Gasteiger partial charge in [-0.3, -0.25) is 0 Å². The van der Waals surface area contributed by atoms with E-state index in [1.165, 1.54) is 7.11 Å². The summed E-state index contributed by atoms with van der Waals surface area (Å²) < 4.78 is 18.4. The molecular formula is C16H23BrN2O4Si. The van der Waals surface area contributed by atoms with Gasteiger partial charge >= 0.3 is 5.97 Å². The Balaban J connectivity index is 2.32. The van der Waals surface area contributed by atoms with Crippen LogP contribution in [0.2, 0.25) is 25.7 Å². The Morgan fingerprint density at radius 3 is 2.58 bits per heavy atom. The molecule has 0 amide bonds. The van der Waals surface area contributed by atoms with Crippen LogP contribution in [0.15, 0.2) is 16.7 Å². The third-order valence-corrected chi connectivity index (χ3v) is 6.14. The molecule has 0 atom stereocenters. The number of aromatic nitrogens is 2. The molecule has 0 fully saturated rings. The summed E-state index contributed by atoms with van der Waals surface area (Å²) in [7, 11) is 1.80. The van der Waals surface area contributed by atoms with E-state index in [1.807, 2.05) is 0 Å². The van der Waals surface area contributed by atoms with Gasteiger partial charge in [-0.25, -0.2) is 9.48 Å². The Morgan fingerprint density at radius 2 is 2.00 bits per heavy atom. The molecule has 0 aliphatic heterocycles. The first-order valence-corrected chi connectivity index (χ1v) is 12.2. The Kier molecular flexibility index (Phi) is 6.05. The van der Waals surface area contributed by atoms with Gasteiger partial charge in [0.1, 0.15) is 22.6 Å². The lowest BCUT2D eigenvalue weighted by Gasteiger charge is -2.15. The first-order chi connectivity index (χ1) is 11.3. The zero-order valence-electron chi connectivity index (χ0n) is 14.7. The maximum atomic E-state index is 12.0. The lowest BCUT2D eigenvalue weighted by molar-refractivity contribution is 0.0602. The fourth-order valence-electron chi connectivity index (χ4n) is 2.23. The van der Waals surface area contributed by atoms with Crippen molar-refractivity contribution >= 4 is 40.9 Å². The summed E-state index contributed by atoms with van der Waals surface area (Å²) in [6, 6.07) is 4.47. The van der Waals surface area contributed by atoms with E-state index >= 15 is 0 Å². The second-order valence-electron chi connectivity index (χ2n) is 6.67. The predicted octanol–water partition coefficient (Wildman–Crippen LogP) is 3.91. The first kappa shape index (κ1) is 18.9. The molecule has 0 saturated carbocycles. The van der Waals surface area contributed by atoms with Gasteiger partial charge in [-0.2, -0.15) is 5.10 Å². The van der Waals surface area contributed by atoms with E-state index in [0.717, 1.165) is 11.4 Å². The van der Waals surface area contributed by atoms with Crippen molar-refractivity contribution in [2.45, 2.75) is 32.4 Å². The number of fused-ring (bicyclic) bond motifs is 1. The maximum absolute atomic E-state index is 12.0. The molecule has 24 heavy (non-hydrogen) atoms. The molecule has 8 heteroatoms. The molecule has 0 aliphatic rings. The van der Waals surface area contributed by atoms with Crippen molar-refractivity contribution in [1.82, 2.24) is 9.78 Å². The quantitative estimate of drug-likeness (QED) is 0.390. The number of rotatable bonds is 7. The largest absolute Gasteiger partial charge is 0.496 e. The van der Waals surface area contributed by atoms with E-state index in [1.54, 1.807) is 23.9 Å². The Morgan fingerprint density at radius 1 is 1.29 bits per heavy atom. The van der Waals surface area contributed by atoms with E-state index in [2.05, 4.69) is 40.7 Å². The molecule has 2 rings (SSSR count).